The first kappa shape index (κ1) is 35.1. The molecular weight excluding hydrogens is 728 g/mol. The van der Waals surface area contributed by atoms with Crippen molar-refractivity contribution < 1.29 is 24.2 Å². The third kappa shape index (κ3) is 6.29. The Hall–Kier alpha value is -4.33. The average molecular weight is 770 g/mol. The maximum Gasteiger partial charge on any atom is 0.279 e. The fourth-order valence-corrected chi connectivity index (χ4v) is 11.1. The van der Waals surface area contributed by atoms with Crippen LogP contribution in [0.25, 0.3) is 16.6 Å². The van der Waals surface area contributed by atoms with Gasteiger partial charge in [0.25, 0.3) is 11.5 Å². The molecule has 0 unspecified atom stereocenters. The maximum atomic E-state index is 15.0. The summed E-state index contributed by atoms with van der Waals surface area (Å²) in [4.78, 5) is 57.1. The zero-order valence-corrected chi connectivity index (χ0v) is 31.3. The summed E-state index contributed by atoms with van der Waals surface area (Å²) in [5.41, 5.74) is 2.46. The topological polar surface area (TPSA) is 128 Å². The number of fused-ring (bicyclic) bond motifs is 3. The first-order valence-electron chi connectivity index (χ1n) is 17.2. The van der Waals surface area contributed by atoms with E-state index in [0.29, 0.717) is 28.9 Å². The van der Waals surface area contributed by atoms with Gasteiger partial charge in [-0.05, 0) is 66.7 Å². The van der Waals surface area contributed by atoms with Crippen molar-refractivity contribution in [3.8, 4) is 5.69 Å². The highest BCUT2D eigenvalue weighted by Crippen LogP contribution is 2.60. The van der Waals surface area contributed by atoms with E-state index in [-0.39, 0.29) is 43.5 Å². The zero-order chi connectivity index (χ0) is 36.1. The predicted octanol–water partition coefficient (Wildman–Crippen LogP) is 5.84. The molecular formula is C39H41BrN4O6Si. The van der Waals surface area contributed by atoms with Gasteiger partial charge in [0.05, 0.1) is 48.0 Å². The number of hydrogen-bond donors (Lipinski definition) is 3. The number of carbonyl (C=O) groups is 2. The molecule has 1 fully saturated rings. The third-order valence-corrected chi connectivity index (χ3v) is 13.4. The fourth-order valence-electron chi connectivity index (χ4n) is 8.14. The summed E-state index contributed by atoms with van der Waals surface area (Å²) < 4.78 is 9.20. The van der Waals surface area contributed by atoms with E-state index in [1.54, 1.807) is 15.9 Å². The molecule has 7 rings (SSSR count). The van der Waals surface area contributed by atoms with E-state index in [4.69, 9.17) is 4.74 Å². The molecule has 12 heteroatoms. The van der Waals surface area contributed by atoms with Crippen molar-refractivity contribution in [3.63, 3.8) is 0 Å². The Bertz CT molecular complexity index is 2160. The zero-order valence-electron chi connectivity index (χ0n) is 28.8. The molecule has 2 aliphatic rings. The van der Waals surface area contributed by atoms with Crippen LogP contribution in [-0.2, 0) is 33.0 Å². The third-order valence-electron chi connectivity index (χ3n) is 10.4. The molecule has 10 nitrogen and oxygen atoms in total. The Morgan fingerprint density at radius 1 is 0.980 bits per heavy atom. The van der Waals surface area contributed by atoms with Gasteiger partial charge in [0.2, 0.25) is 5.91 Å². The molecule has 51 heavy (non-hydrogen) atoms. The number of aliphatic hydroxyl groups is 1. The van der Waals surface area contributed by atoms with Crippen LogP contribution in [0.4, 0.5) is 5.69 Å². The van der Waals surface area contributed by atoms with E-state index < -0.39 is 31.5 Å². The van der Waals surface area contributed by atoms with Gasteiger partial charge in [-0.1, -0.05) is 77.5 Å². The minimum atomic E-state index is -3.03. The van der Waals surface area contributed by atoms with Crippen molar-refractivity contribution in [1.29, 1.82) is 0 Å². The van der Waals surface area contributed by atoms with Crippen molar-refractivity contribution in [3.05, 3.63) is 129 Å². The average Bonchev–Trinajstić information content (AvgIpc) is 3.68. The number of aromatic amines is 1. The van der Waals surface area contributed by atoms with Crippen LogP contribution in [0.15, 0.2) is 106 Å². The maximum absolute atomic E-state index is 15.0. The highest BCUT2D eigenvalue weighted by molar-refractivity contribution is 9.10. The molecule has 1 spiro atoms. The minimum Gasteiger partial charge on any atom is -0.432 e. The van der Waals surface area contributed by atoms with Gasteiger partial charge in [-0.3, -0.25) is 19.5 Å². The normalized spacial score (nSPS) is 21.5. The molecule has 0 radical (unpaired) electrons. The van der Waals surface area contributed by atoms with Crippen LogP contribution in [0.5, 0.6) is 0 Å². The van der Waals surface area contributed by atoms with Gasteiger partial charge < -0.3 is 24.4 Å². The number of aromatic nitrogens is 2. The Labute approximate surface area is 305 Å². The lowest BCUT2D eigenvalue weighted by Gasteiger charge is -2.32. The summed E-state index contributed by atoms with van der Waals surface area (Å²) in [6, 6.07) is 30.1. The van der Waals surface area contributed by atoms with Gasteiger partial charge >= 0.3 is 0 Å². The van der Waals surface area contributed by atoms with Gasteiger partial charge in [0.15, 0.2) is 13.9 Å². The number of rotatable bonds is 10. The van der Waals surface area contributed by atoms with Gasteiger partial charge in [0, 0.05) is 34.6 Å². The lowest BCUT2D eigenvalue weighted by Crippen LogP contribution is -2.46. The summed E-state index contributed by atoms with van der Waals surface area (Å²) in [6.45, 7) is 6.11. The van der Waals surface area contributed by atoms with Crippen LogP contribution in [0.1, 0.15) is 30.0 Å². The number of carbonyl (C=O) groups excluding carboxylic acids is 2. The number of nitrogens with zero attached hydrogens (tertiary/aromatic N) is 3. The highest BCUT2D eigenvalue weighted by Gasteiger charge is 2.66. The monoisotopic (exact) mass is 768 g/mol. The Morgan fingerprint density at radius 2 is 1.71 bits per heavy atom. The van der Waals surface area contributed by atoms with E-state index in [1.165, 1.54) is 4.68 Å². The smallest absolute Gasteiger partial charge is 0.279 e. The molecule has 2 amide bonds. The molecule has 0 aliphatic carbocycles. The van der Waals surface area contributed by atoms with Crippen molar-refractivity contribution in [2.75, 3.05) is 18.1 Å². The number of para-hydroxylation sites is 1. The number of halogens is 1. The molecule has 1 aromatic heterocycles. The minimum absolute atomic E-state index is 0.0432. The first-order chi connectivity index (χ1) is 24.4. The van der Waals surface area contributed by atoms with Crippen LogP contribution in [-0.4, -0.2) is 64.0 Å². The van der Waals surface area contributed by atoms with Crippen LogP contribution >= 0.6 is 15.9 Å². The molecule has 3 heterocycles. The summed E-state index contributed by atoms with van der Waals surface area (Å²) in [5, 5.41) is 13.6. The lowest BCUT2D eigenvalue weighted by molar-refractivity contribution is -0.150. The Morgan fingerprint density at radius 3 is 2.43 bits per heavy atom. The Kier molecular flexibility index (Phi) is 9.40. The molecule has 4 aromatic carbocycles. The van der Waals surface area contributed by atoms with Crippen LogP contribution in [0.2, 0.25) is 18.6 Å². The number of benzene rings is 4. The van der Waals surface area contributed by atoms with Crippen LogP contribution < -0.4 is 10.5 Å². The molecule has 1 saturated heterocycles. The van der Waals surface area contributed by atoms with Gasteiger partial charge in [-0.15, -0.1) is 0 Å². The largest absolute Gasteiger partial charge is 0.432 e. The molecule has 4 atom stereocenters. The number of H-pyrrole nitrogens is 1. The van der Waals surface area contributed by atoms with E-state index in [9.17, 15) is 24.3 Å². The van der Waals surface area contributed by atoms with Crippen molar-refractivity contribution in [2.45, 2.75) is 56.8 Å². The molecule has 264 valence electrons. The molecule has 5 aromatic rings. The quantitative estimate of drug-likeness (QED) is 0.153. The molecule has 0 bridgehead atoms. The summed E-state index contributed by atoms with van der Waals surface area (Å²) >= 11 is 3.61. The van der Waals surface area contributed by atoms with E-state index in [2.05, 4.69) is 21.0 Å². The first-order valence-corrected chi connectivity index (χ1v) is 21.0. The number of nitrogens with one attached hydrogen (secondary N) is 1. The summed E-state index contributed by atoms with van der Waals surface area (Å²) in [5.74, 6) is -0.929. The fraction of sp³-hybridized carbons (Fsp3) is 0.308. The second-order valence-electron chi connectivity index (χ2n) is 14.1. The van der Waals surface area contributed by atoms with Crippen LogP contribution in [0.3, 0.4) is 0 Å². The molecule has 0 saturated carbocycles. The molecule has 3 N–H and O–H groups in total. The highest BCUT2D eigenvalue weighted by atomic mass is 79.9. The number of amides is 2. The second-order valence-corrected chi connectivity index (χ2v) is 19.0. The number of ether oxygens (including phenoxy) is 1. The summed E-state index contributed by atoms with van der Waals surface area (Å²) in [6.07, 6.45) is -0.775. The van der Waals surface area contributed by atoms with E-state index in [1.807, 2.05) is 111 Å². The van der Waals surface area contributed by atoms with E-state index >= 15 is 0 Å². The van der Waals surface area contributed by atoms with Gasteiger partial charge in [-0.2, -0.15) is 0 Å². The van der Waals surface area contributed by atoms with Crippen molar-refractivity contribution in [1.82, 2.24) is 14.7 Å². The number of aliphatic hydroxyl groups excluding tert-OH is 1. The van der Waals surface area contributed by atoms with Gasteiger partial charge in [0.1, 0.15) is 0 Å². The Balaban J connectivity index is 1.22. The SMILES string of the molecule is C[C@@H]1[C@@H]([Si](C)(C)O)[C@H](CC(=O)N(CCO)Cc2ccccc2)O[C@@]12C(=O)N(Cc1cccc(-n3[nH]c4ccccc4c3=O)c1)c1ccc(Br)cc12. The van der Waals surface area contributed by atoms with E-state index in [0.717, 1.165) is 21.1 Å². The number of anilines is 1. The second kappa shape index (κ2) is 13.7. The van der Waals surface area contributed by atoms with Gasteiger partial charge in [-0.25, -0.2) is 4.68 Å². The predicted molar refractivity (Wildman–Crippen MR) is 202 cm³/mol. The van der Waals surface area contributed by atoms with Crippen molar-refractivity contribution >= 4 is 52.7 Å². The number of hydrogen-bond acceptors (Lipinski definition) is 6. The lowest BCUT2D eigenvalue weighted by atomic mass is 9.82. The summed E-state index contributed by atoms with van der Waals surface area (Å²) in [7, 11) is -3.03. The van der Waals surface area contributed by atoms with Crippen molar-refractivity contribution in [2.24, 2.45) is 5.92 Å². The van der Waals surface area contributed by atoms with Crippen LogP contribution in [0, 0.1) is 5.92 Å². The molecule has 2 aliphatic heterocycles. The standard InChI is InChI=1S/C39H41BrN4O6Si/c1-25-36(51(2,3)49)34(22-35(46)42(18-19-45)23-26-10-5-4-6-11-26)50-39(25)31-21-28(40)16-17-33(31)43(38(39)48)24-27-12-9-13-29(20-27)44-37(47)30-14-7-8-15-32(30)41-44/h4-17,20-21,25,34,36,41,45,49H,18-19,22-24H2,1-3H3/t25-,34+,36-,39+/m1/s1.